The van der Waals surface area contributed by atoms with E-state index in [-0.39, 0.29) is 0 Å². The molecule has 3 aromatic carbocycles. The summed E-state index contributed by atoms with van der Waals surface area (Å²) in [5.74, 6) is 0. The number of aromatic nitrogens is 5. The lowest BCUT2D eigenvalue weighted by atomic mass is 10.00. The van der Waals surface area contributed by atoms with Crippen LogP contribution < -0.4 is 5.73 Å². The summed E-state index contributed by atoms with van der Waals surface area (Å²) in [5, 5.41) is 3.44. The standard InChI is InChI=1S/C44H40N6/c1-3-5-34-26-44-40(29-48-34)39-28-47-23-20-43(39)50(44)36-16-12-33(13-17-36)25-31-8-6-30(7-9-31)24-32-10-14-35(15-11-32)49-41(18-21-45)37(4-2)38-27-46-22-19-42(38)49/h6-23,26-29H,3-5,24-25,45H2,1-2H3/b21-18-. The molecule has 0 radical (unpaired) electrons. The van der Waals surface area contributed by atoms with Crippen LogP contribution in [0.1, 0.15) is 59.5 Å². The summed E-state index contributed by atoms with van der Waals surface area (Å²) in [6.07, 6.45) is 18.0. The van der Waals surface area contributed by atoms with Gasteiger partial charge in [-0.05, 0) is 108 Å². The molecule has 5 aromatic heterocycles. The van der Waals surface area contributed by atoms with Crippen LogP contribution in [0.5, 0.6) is 0 Å². The van der Waals surface area contributed by atoms with Crippen LogP contribution in [0, 0.1) is 0 Å². The summed E-state index contributed by atoms with van der Waals surface area (Å²) in [6.45, 7) is 4.37. The van der Waals surface area contributed by atoms with Gasteiger partial charge < -0.3 is 14.9 Å². The summed E-state index contributed by atoms with van der Waals surface area (Å²) >= 11 is 0. The zero-order valence-corrected chi connectivity index (χ0v) is 28.6. The Hall–Kier alpha value is -6.01. The van der Waals surface area contributed by atoms with Crippen molar-refractivity contribution in [3.8, 4) is 11.4 Å². The first kappa shape index (κ1) is 31.3. The van der Waals surface area contributed by atoms with Gasteiger partial charge >= 0.3 is 0 Å². The lowest BCUT2D eigenvalue weighted by molar-refractivity contribution is 0.885. The number of benzene rings is 3. The molecule has 0 spiro atoms. The van der Waals surface area contributed by atoms with Crippen LogP contribution in [-0.2, 0) is 25.7 Å². The summed E-state index contributed by atoms with van der Waals surface area (Å²) in [5.41, 5.74) is 20.3. The Kier molecular flexibility index (Phi) is 8.43. The van der Waals surface area contributed by atoms with Gasteiger partial charge in [-0.3, -0.25) is 15.0 Å². The van der Waals surface area contributed by atoms with Crippen molar-refractivity contribution < 1.29 is 0 Å². The topological polar surface area (TPSA) is 74.5 Å². The molecule has 2 N–H and O–H groups in total. The molecule has 0 unspecified atom stereocenters. The molecule has 0 amide bonds. The predicted octanol–water partition coefficient (Wildman–Crippen LogP) is 9.54. The maximum absolute atomic E-state index is 5.87. The minimum absolute atomic E-state index is 0.880. The molecule has 0 aliphatic carbocycles. The van der Waals surface area contributed by atoms with Crippen LogP contribution in [0.15, 0.2) is 128 Å². The molecule has 0 fully saturated rings. The van der Waals surface area contributed by atoms with Crippen molar-refractivity contribution in [2.75, 3.05) is 0 Å². The molecule has 0 saturated heterocycles. The van der Waals surface area contributed by atoms with Crippen molar-refractivity contribution in [2.45, 2.75) is 46.0 Å². The normalized spacial score (nSPS) is 11.8. The molecular formula is C44H40N6. The van der Waals surface area contributed by atoms with Crippen LogP contribution in [0.2, 0.25) is 0 Å². The van der Waals surface area contributed by atoms with Crippen molar-refractivity contribution in [1.82, 2.24) is 24.1 Å². The molecule has 0 aliphatic heterocycles. The number of aryl methyl sites for hydroxylation is 2. The van der Waals surface area contributed by atoms with Crippen LogP contribution in [0.4, 0.5) is 0 Å². The SMILES string of the molecule is CCCc1cc2c(cn1)c1cnccc1n2-c1ccc(Cc2ccc(Cc3ccc(-n4c(/C=C\N)c(CC)c5cnccc54)cc3)cc2)cc1. The molecule has 0 aliphatic rings. The summed E-state index contributed by atoms with van der Waals surface area (Å²) in [4.78, 5) is 13.5. The molecule has 8 aromatic rings. The summed E-state index contributed by atoms with van der Waals surface area (Å²) < 4.78 is 4.63. The first-order chi connectivity index (χ1) is 24.6. The van der Waals surface area contributed by atoms with Crippen molar-refractivity contribution in [2.24, 2.45) is 5.73 Å². The first-order valence-electron chi connectivity index (χ1n) is 17.5. The third kappa shape index (κ3) is 5.73. The largest absolute Gasteiger partial charge is 0.405 e. The molecule has 246 valence electrons. The van der Waals surface area contributed by atoms with E-state index in [1.807, 2.05) is 37.1 Å². The first-order valence-corrected chi connectivity index (χ1v) is 17.5. The second-order valence-corrected chi connectivity index (χ2v) is 13.0. The molecule has 8 rings (SSSR count). The highest BCUT2D eigenvalue weighted by Crippen LogP contribution is 2.33. The van der Waals surface area contributed by atoms with Gasteiger partial charge in [-0.25, -0.2) is 0 Å². The zero-order chi connectivity index (χ0) is 34.0. The number of hydrogen-bond acceptors (Lipinski definition) is 4. The van der Waals surface area contributed by atoms with E-state index in [1.54, 1.807) is 6.20 Å². The van der Waals surface area contributed by atoms with Crippen molar-refractivity contribution in [3.63, 3.8) is 0 Å². The number of fused-ring (bicyclic) bond motifs is 4. The van der Waals surface area contributed by atoms with E-state index in [4.69, 9.17) is 10.7 Å². The van der Waals surface area contributed by atoms with E-state index < -0.39 is 0 Å². The minimum atomic E-state index is 0.880. The fourth-order valence-electron chi connectivity index (χ4n) is 7.37. The molecule has 6 heteroatoms. The van der Waals surface area contributed by atoms with E-state index in [0.717, 1.165) is 76.7 Å². The Labute approximate surface area is 292 Å². The highest BCUT2D eigenvalue weighted by Gasteiger charge is 2.16. The Bertz CT molecular complexity index is 2470. The van der Waals surface area contributed by atoms with Gasteiger partial charge in [0, 0.05) is 64.2 Å². The molecule has 0 saturated carbocycles. The molecular weight excluding hydrogens is 613 g/mol. The van der Waals surface area contributed by atoms with E-state index >= 15 is 0 Å². The zero-order valence-electron chi connectivity index (χ0n) is 28.6. The number of nitrogens with two attached hydrogens (primary N) is 1. The van der Waals surface area contributed by atoms with Crippen LogP contribution >= 0.6 is 0 Å². The maximum atomic E-state index is 5.87. The van der Waals surface area contributed by atoms with Crippen molar-refractivity contribution >= 4 is 38.8 Å². The van der Waals surface area contributed by atoms with Gasteiger partial charge in [0.25, 0.3) is 0 Å². The predicted molar refractivity (Wildman–Crippen MR) is 206 cm³/mol. The number of pyridine rings is 3. The quantitative estimate of drug-likeness (QED) is 0.160. The van der Waals surface area contributed by atoms with Gasteiger partial charge in [0.15, 0.2) is 0 Å². The Balaban J connectivity index is 0.989. The lowest BCUT2D eigenvalue weighted by Gasteiger charge is -2.11. The van der Waals surface area contributed by atoms with Gasteiger partial charge in [0.2, 0.25) is 0 Å². The van der Waals surface area contributed by atoms with Gasteiger partial charge in [-0.15, -0.1) is 0 Å². The van der Waals surface area contributed by atoms with Crippen molar-refractivity contribution in [3.05, 3.63) is 167 Å². The van der Waals surface area contributed by atoms with Gasteiger partial charge in [-0.1, -0.05) is 68.8 Å². The second-order valence-electron chi connectivity index (χ2n) is 13.0. The Morgan fingerprint density at radius 3 is 1.68 bits per heavy atom. The van der Waals surface area contributed by atoms with Gasteiger partial charge in [0.05, 0.1) is 22.2 Å². The van der Waals surface area contributed by atoms with Crippen LogP contribution in [0.3, 0.4) is 0 Å². The van der Waals surface area contributed by atoms with E-state index in [2.05, 4.69) is 124 Å². The lowest BCUT2D eigenvalue weighted by Crippen LogP contribution is -1.99. The van der Waals surface area contributed by atoms with Gasteiger partial charge in [-0.2, -0.15) is 0 Å². The van der Waals surface area contributed by atoms with Gasteiger partial charge in [0.1, 0.15) is 0 Å². The summed E-state index contributed by atoms with van der Waals surface area (Å²) in [7, 11) is 0. The fourth-order valence-corrected chi connectivity index (χ4v) is 7.37. The molecule has 6 nitrogen and oxygen atoms in total. The number of hydrogen-bond donors (Lipinski definition) is 1. The van der Waals surface area contributed by atoms with E-state index in [0.29, 0.717) is 0 Å². The Morgan fingerprint density at radius 1 is 0.600 bits per heavy atom. The van der Waals surface area contributed by atoms with Crippen LogP contribution in [-0.4, -0.2) is 24.1 Å². The molecule has 5 heterocycles. The highest BCUT2D eigenvalue weighted by molar-refractivity contribution is 6.08. The maximum Gasteiger partial charge on any atom is 0.0575 e. The number of rotatable bonds is 10. The highest BCUT2D eigenvalue weighted by atomic mass is 15.0. The minimum Gasteiger partial charge on any atom is -0.405 e. The third-order valence-corrected chi connectivity index (χ3v) is 9.77. The third-order valence-electron chi connectivity index (χ3n) is 9.77. The average molecular weight is 653 g/mol. The van der Waals surface area contributed by atoms with E-state index in [9.17, 15) is 0 Å². The average Bonchev–Trinajstić information content (AvgIpc) is 3.65. The molecule has 0 atom stereocenters. The summed E-state index contributed by atoms with van der Waals surface area (Å²) in [6, 6.07) is 33.3. The second kappa shape index (κ2) is 13.5. The fraction of sp³-hybridized carbons (Fsp3) is 0.159. The number of nitrogens with zero attached hydrogens (tertiary/aromatic N) is 5. The van der Waals surface area contributed by atoms with Crippen LogP contribution in [0.25, 0.3) is 50.2 Å². The monoisotopic (exact) mass is 652 g/mol. The molecule has 0 bridgehead atoms. The van der Waals surface area contributed by atoms with E-state index in [1.165, 1.54) is 38.7 Å². The smallest absolute Gasteiger partial charge is 0.0575 e. The molecule has 50 heavy (non-hydrogen) atoms. The van der Waals surface area contributed by atoms with Crippen molar-refractivity contribution in [1.29, 1.82) is 0 Å². The Morgan fingerprint density at radius 2 is 1.12 bits per heavy atom.